The van der Waals surface area contributed by atoms with Crippen LogP contribution in [0.2, 0.25) is 0 Å². The SMILES string of the molecule is CCONC(=S)Nc1ccc(C)cc1. The highest BCUT2D eigenvalue weighted by Crippen LogP contribution is 2.07. The minimum atomic E-state index is 0.468. The van der Waals surface area contributed by atoms with Crippen LogP contribution in [-0.4, -0.2) is 11.7 Å². The molecule has 0 fully saturated rings. The minimum Gasteiger partial charge on any atom is -0.331 e. The van der Waals surface area contributed by atoms with Gasteiger partial charge in [-0.05, 0) is 38.2 Å². The predicted molar refractivity (Wildman–Crippen MR) is 62.2 cm³/mol. The van der Waals surface area contributed by atoms with Crippen LogP contribution in [0.3, 0.4) is 0 Å². The summed E-state index contributed by atoms with van der Waals surface area (Å²) in [7, 11) is 0. The van der Waals surface area contributed by atoms with Gasteiger partial charge in [-0.3, -0.25) is 4.84 Å². The second-order valence-electron chi connectivity index (χ2n) is 2.86. The average molecular weight is 210 g/mol. The smallest absolute Gasteiger partial charge is 0.195 e. The Morgan fingerprint density at radius 1 is 1.36 bits per heavy atom. The zero-order valence-electron chi connectivity index (χ0n) is 8.33. The Morgan fingerprint density at radius 3 is 2.57 bits per heavy atom. The van der Waals surface area contributed by atoms with Gasteiger partial charge in [-0.2, -0.15) is 0 Å². The summed E-state index contributed by atoms with van der Waals surface area (Å²) in [6, 6.07) is 7.97. The van der Waals surface area contributed by atoms with E-state index in [9.17, 15) is 0 Å². The van der Waals surface area contributed by atoms with E-state index in [1.165, 1.54) is 5.56 Å². The van der Waals surface area contributed by atoms with E-state index in [0.29, 0.717) is 11.7 Å². The Labute approximate surface area is 89.4 Å². The lowest BCUT2D eigenvalue weighted by molar-refractivity contribution is 0.0986. The van der Waals surface area contributed by atoms with Gasteiger partial charge in [0.2, 0.25) is 0 Å². The van der Waals surface area contributed by atoms with E-state index in [0.717, 1.165) is 5.69 Å². The maximum Gasteiger partial charge on any atom is 0.195 e. The molecule has 0 aromatic heterocycles. The summed E-state index contributed by atoms with van der Waals surface area (Å²) >= 11 is 4.99. The molecule has 0 bridgehead atoms. The quantitative estimate of drug-likeness (QED) is 0.592. The molecular weight excluding hydrogens is 196 g/mol. The van der Waals surface area contributed by atoms with E-state index >= 15 is 0 Å². The van der Waals surface area contributed by atoms with Crippen LogP contribution in [0.15, 0.2) is 24.3 Å². The first kappa shape index (κ1) is 10.9. The van der Waals surface area contributed by atoms with Crippen molar-refractivity contribution >= 4 is 23.0 Å². The summed E-state index contributed by atoms with van der Waals surface area (Å²) in [6.45, 7) is 4.51. The zero-order valence-corrected chi connectivity index (χ0v) is 9.15. The number of rotatable bonds is 3. The van der Waals surface area contributed by atoms with Crippen molar-refractivity contribution in [2.75, 3.05) is 11.9 Å². The molecule has 3 nitrogen and oxygen atoms in total. The summed E-state index contributed by atoms with van der Waals surface area (Å²) in [5.41, 5.74) is 4.79. The highest BCUT2D eigenvalue weighted by molar-refractivity contribution is 7.80. The third-order valence-corrected chi connectivity index (χ3v) is 1.80. The van der Waals surface area contributed by atoms with E-state index in [-0.39, 0.29) is 0 Å². The van der Waals surface area contributed by atoms with Crippen LogP contribution in [0.4, 0.5) is 5.69 Å². The van der Waals surface area contributed by atoms with Crippen molar-refractivity contribution in [2.45, 2.75) is 13.8 Å². The molecule has 0 heterocycles. The average Bonchev–Trinajstić information content (AvgIpc) is 2.18. The van der Waals surface area contributed by atoms with Crippen LogP contribution in [0.1, 0.15) is 12.5 Å². The van der Waals surface area contributed by atoms with Gasteiger partial charge in [0.25, 0.3) is 0 Å². The number of anilines is 1. The monoisotopic (exact) mass is 210 g/mol. The number of nitrogens with one attached hydrogen (secondary N) is 2. The van der Waals surface area contributed by atoms with Crippen molar-refractivity contribution in [2.24, 2.45) is 0 Å². The fraction of sp³-hybridized carbons (Fsp3) is 0.300. The highest BCUT2D eigenvalue weighted by atomic mass is 32.1. The Hall–Kier alpha value is -1.13. The van der Waals surface area contributed by atoms with Crippen LogP contribution in [0.25, 0.3) is 0 Å². The van der Waals surface area contributed by atoms with E-state index < -0.39 is 0 Å². The van der Waals surface area contributed by atoms with E-state index in [4.69, 9.17) is 17.1 Å². The molecule has 0 unspecified atom stereocenters. The lowest BCUT2D eigenvalue weighted by atomic mass is 10.2. The van der Waals surface area contributed by atoms with Gasteiger partial charge in [-0.15, -0.1) is 0 Å². The van der Waals surface area contributed by atoms with Crippen LogP contribution in [-0.2, 0) is 4.84 Å². The van der Waals surface area contributed by atoms with Crippen molar-refractivity contribution in [3.63, 3.8) is 0 Å². The molecule has 76 valence electrons. The van der Waals surface area contributed by atoms with Gasteiger partial charge in [0.05, 0.1) is 6.61 Å². The first-order valence-electron chi connectivity index (χ1n) is 4.48. The van der Waals surface area contributed by atoms with Crippen LogP contribution in [0.5, 0.6) is 0 Å². The standard InChI is InChI=1S/C10H14N2OS/c1-3-13-12-10(14)11-9-6-4-8(2)5-7-9/h4-7H,3H2,1-2H3,(H2,11,12,14). The first-order valence-corrected chi connectivity index (χ1v) is 4.88. The van der Waals surface area contributed by atoms with Gasteiger partial charge in [-0.25, -0.2) is 5.48 Å². The van der Waals surface area contributed by atoms with Gasteiger partial charge in [0.1, 0.15) is 0 Å². The van der Waals surface area contributed by atoms with Crippen molar-refractivity contribution in [1.82, 2.24) is 5.48 Å². The molecule has 4 heteroatoms. The summed E-state index contributed by atoms with van der Waals surface area (Å²) in [5, 5.41) is 3.47. The molecule has 1 rings (SSSR count). The van der Waals surface area contributed by atoms with Crippen molar-refractivity contribution in [3.05, 3.63) is 29.8 Å². The predicted octanol–water partition coefficient (Wildman–Crippen LogP) is 2.23. The molecule has 0 saturated heterocycles. The van der Waals surface area contributed by atoms with Crippen LogP contribution < -0.4 is 10.8 Å². The van der Waals surface area contributed by atoms with Gasteiger partial charge in [0, 0.05) is 5.69 Å². The van der Waals surface area contributed by atoms with Gasteiger partial charge in [0.15, 0.2) is 5.11 Å². The van der Waals surface area contributed by atoms with Crippen LogP contribution in [0, 0.1) is 6.92 Å². The normalized spacial score (nSPS) is 9.57. The highest BCUT2D eigenvalue weighted by Gasteiger charge is 1.95. The molecule has 0 radical (unpaired) electrons. The Bertz CT molecular complexity index is 297. The van der Waals surface area contributed by atoms with Gasteiger partial charge >= 0.3 is 0 Å². The van der Waals surface area contributed by atoms with Crippen molar-refractivity contribution in [3.8, 4) is 0 Å². The first-order chi connectivity index (χ1) is 6.72. The molecule has 0 aliphatic carbocycles. The molecule has 14 heavy (non-hydrogen) atoms. The summed E-state index contributed by atoms with van der Waals surface area (Å²) in [6.07, 6.45) is 0. The van der Waals surface area contributed by atoms with Crippen molar-refractivity contribution in [1.29, 1.82) is 0 Å². The van der Waals surface area contributed by atoms with Gasteiger partial charge in [-0.1, -0.05) is 17.7 Å². The number of hydrogen-bond acceptors (Lipinski definition) is 2. The minimum absolute atomic E-state index is 0.468. The molecule has 0 saturated carbocycles. The van der Waals surface area contributed by atoms with Crippen molar-refractivity contribution < 1.29 is 4.84 Å². The number of aryl methyl sites for hydroxylation is 1. The third-order valence-electron chi connectivity index (χ3n) is 1.62. The largest absolute Gasteiger partial charge is 0.331 e. The molecular formula is C10H14N2OS. The van der Waals surface area contributed by atoms with E-state index in [2.05, 4.69) is 10.8 Å². The number of hydrogen-bond donors (Lipinski definition) is 2. The number of thiocarbonyl (C=S) groups is 1. The van der Waals surface area contributed by atoms with Gasteiger partial charge < -0.3 is 5.32 Å². The summed E-state index contributed by atoms with van der Waals surface area (Å²) in [5.74, 6) is 0. The topological polar surface area (TPSA) is 33.3 Å². The fourth-order valence-corrected chi connectivity index (χ4v) is 1.11. The number of hydroxylamine groups is 1. The Kier molecular flexibility index (Phi) is 4.35. The molecule has 0 aliphatic rings. The maximum atomic E-state index is 4.99. The molecule has 0 atom stereocenters. The molecule has 0 amide bonds. The zero-order chi connectivity index (χ0) is 10.4. The maximum absolute atomic E-state index is 4.99. The Balaban J connectivity index is 2.44. The lowest BCUT2D eigenvalue weighted by Crippen LogP contribution is -2.28. The molecule has 1 aromatic carbocycles. The second-order valence-corrected chi connectivity index (χ2v) is 3.26. The Morgan fingerprint density at radius 2 is 2.00 bits per heavy atom. The lowest BCUT2D eigenvalue weighted by Gasteiger charge is -2.09. The second kappa shape index (κ2) is 5.57. The summed E-state index contributed by atoms with van der Waals surface area (Å²) in [4.78, 5) is 4.94. The summed E-state index contributed by atoms with van der Waals surface area (Å²) < 4.78 is 0. The third kappa shape index (κ3) is 3.72. The molecule has 0 aliphatic heterocycles. The number of benzene rings is 1. The molecule has 0 spiro atoms. The van der Waals surface area contributed by atoms with E-state index in [1.54, 1.807) is 0 Å². The fourth-order valence-electron chi connectivity index (χ4n) is 0.931. The molecule has 2 N–H and O–H groups in total. The molecule has 1 aromatic rings. The van der Waals surface area contributed by atoms with Crippen LogP contribution >= 0.6 is 12.2 Å². The van der Waals surface area contributed by atoms with E-state index in [1.807, 2.05) is 38.1 Å².